The van der Waals surface area contributed by atoms with Gasteiger partial charge in [0, 0.05) is 26.2 Å². The van der Waals surface area contributed by atoms with Crippen LogP contribution >= 0.6 is 0 Å². The minimum Gasteiger partial charge on any atom is -0.484 e. The fraction of sp³-hybridized carbons (Fsp3) is 0.375. The van der Waals surface area contributed by atoms with E-state index in [4.69, 9.17) is 15.5 Å². The lowest BCUT2D eigenvalue weighted by Gasteiger charge is -2.12. The Morgan fingerprint density at radius 1 is 1.16 bits per heavy atom. The van der Waals surface area contributed by atoms with E-state index in [1.165, 1.54) is 11.1 Å². The van der Waals surface area contributed by atoms with E-state index in [1.807, 2.05) is 49.4 Å². The topological polar surface area (TPSA) is 107 Å². The second-order valence-electron chi connectivity index (χ2n) is 7.49. The number of hydrogen-bond acceptors (Lipinski definition) is 4. The minimum absolute atomic E-state index is 0.111. The van der Waals surface area contributed by atoms with Gasteiger partial charge in [0.2, 0.25) is 0 Å². The largest absolute Gasteiger partial charge is 0.484 e. The van der Waals surface area contributed by atoms with Crippen LogP contribution < -0.4 is 21.1 Å². The average molecular weight is 437 g/mol. The van der Waals surface area contributed by atoms with Crippen LogP contribution in [0.25, 0.3) is 11.0 Å². The lowest BCUT2D eigenvalue weighted by atomic mass is 10.1. The summed E-state index contributed by atoms with van der Waals surface area (Å²) in [6.07, 6.45) is 1.78. The predicted molar refractivity (Wildman–Crippen MR) is 128 cm³/mol. The van der Waals surface area contributed by atoms with Crippen LogP contribution in [0.2, 0.25) is 0 Å². The SMILES string of the molecule is CCNC(=NCCCn1c(C)nc2ccccc21)NCCc1ccc(OCC(N)=O)cc1. The summed E-state index contributed by atoms with van der Waals surface area (Å²) in [4.78, 5) is 20.1. The number of carbonyl (C=O) groups excluding carboxylic acids is 1. The molecule has 0 aliphatic rings. The molecule has 0 saturated heterocycles. The maximum Gasteiger partial charge on any atom is 0.255 e. The molecule has 3 aromatic rings. The number of imidazole rings is 1. The number of aromatic nitrogens is 2. The summed E-state index contributed by atoms with van der Waals surface area (Å²) in [7, 11) is 0. The van der Waals surface area contributed by atoms with E-state index in [-0.39, 0.29) is 6.61 Å². The molecular formula is C24H32N6O2. The van der Waals surface area contributed by atoms with Gasteiger partial charge in [0.15, 0.2) is 12.6 Å². The molecule has 3 rings (SSSR count). The number of hydrogen-bond donors (Lipinski definition) is 3. The highest BCUT2D eigenvalue weighted by Crippen LogP contribution is 2.16. The standard InChI is InChI=1S/C24H32N6O2/c1-3-26-24(28-15-13-19-9-11-20(12-10-19)32-17-23(25)31)27-14-6-16-30-18(2)29-21-7-4-5-8-22(21)30/h4-5,7-12H,3,6,13-17H2,1-2H3,(H2,25,31)(H2,26,27,28). The van der Waals surface area contributed by atoms with Gasteiger partial charge < -0.3 is 25.7 Å². The van der Waals surface area contributed by atoms with Crippen molar-refractivity contribution in [2.75, 3.05) is 26.2 Å². The number of rotatable bonds is 11. The Bertz CT molecular complexity index is 1040. The quantitative estimate of drug-likeness (QED) is 0.243. The van der Waals surface area contributed by atoms with Crippen molar-refractivity contribution >= 4 is 22.9 Å². The molecule has 0 bridgehead atoms. The lowest BCUT2D eigenvalue weighted by molar-refractivity contribution is -0.119. The third-order valence-corrected chi connectivity index (χ3v) is 5.01. The van der Waals surface area contributed by atoms with E-state index >= 15 is 0 Å². The van der Waals surface area contributed by atoms with Gasteiger partial charge in [-0.05, 0) is 56.5 Å². The molecule has 0 aliphatic carbocycles. The van der Waals surface area contributed by atoms with Crippen molar-refractivity contribution in [2.45, 2.75) is 33.2 Å². The first-order valence-electron chi connectivity index (χ1n) is 11.0. The molecule has 0 atom stereocenters. The first-order valence-corrected chi connectivity index (χ1v) is 11.0. The summed E-state index contributed by atoms with van der Waals surface area (Å²) >= 11 is 0. The van der Waals surface area contributed by atoms with Crippen molar-refractivity contribution in [3.8, 4) is 5.75 Å². The number of primary amides is 1. The van der Waals surface area contributed by atoms with Gasteiger partial charge in [-0.2, -0.15) is 0 Å². The molecule has 0 aliphatic heterocycles. The molecule has 1 heterocycles. The molecule has 32 heavy (non-hydrogen) atoms. The molecule has 2 aromatic carbocycles. The Hall–Kier alpha value is -3.55. The zero-order valence-corrected chi connectivity index (χ0v) is 18.8. The van der Waals surface area contributed by atoms with Gasteiger partial charge in [0.25, 0.3) is 5.91 Å². The van der Waals surface area contributed by atoms with Gasteiger partial charge >= 0.3 is 0 Å². The van der Waals surface area contributed by atoms with Gasteiger partial charge in [0.1, 0.15) is 11.6 Å². The number of ether oxygens (including phenoxy) is 1. The molecule has 1 amide bonds. The molecule has 170 valence electrons. The van der Waals surface area contributed by atoms with E-state index in [1.54, 1.807) is 0 Å². The van der Waals surface area contributed by atoms with Crippen LogP contribution in [0.1, 0.15) is 24.7 Å². The van der Waals surface area contributed by atoms with E-state index in [0.717, 1.165) is 56.3 Å². The van der Waals surface area contributed by atoms with E-state index in [2.05, 4.69) is 33.2 Å². The summed E-state index contributed by atoms with van der Waals surface area (Å²) in [6.45, 7) is 7.18. The zero-order chi connectivity index (χ0) is 22.8. The Morgan fingerprint density at radius 3 is 2.69 bits per heavy atom. The number of nitrogens with one attached hydrogen (secondary N) is 2. The third-order valence-electron chi connectivity index (χ3n) is 5.01. The fourth-order valence-electron chi connectivity index (χ4n) is 3.47. The van der Waals surface area contributed by atoms with E-state index < -0.39 is 5.91 Å². The molecule has 8 nitrogen and oxygen atoms in total. The monoisotopic (exact) mass is 436 g/mol. The van der Waals surface area contributed by atoms with Crippen LogP contribution in [0.3, 0.4) is 0 Å². The molecule has 4 N–H and O–H groups in total. The van der Waals surface area contributed by atoms with Crippen LogP contribution in [-0.4, -0.2) is 47.7 Å². The number of guanidine groups is 1. The summed E-state index contributed by atoms with van der Waals surface area (Å²) in [6, 6.07) is 15.9. The van der Waals surface area contributed by atoms with Gasteiger partial charge in [-0.1, -0.05) is 24.3 Å². The van der Waals surface area contributed by atoms with E-state index in [9.17, 15) is 4.79 Å². The average Bonchev–Trinajstić information content (AvgIpc) is 3.11. The van der Waals surface area contributed by atoms with Crippen LogP contribution in [0.5, 0.6) is 5.75 Å². The Labute approximate surface area is 188 Å². The number of amides is 1. The molecule has 0 spiro atoms. The van der Waals surface area contributed by atoms with Crippen LogP contribution in [-0.2, 0) is 17.8 Å². The summed E-state index contributed by atoms with van der Waals surface area (Å²) in [5.74, 6) is 2.01. The van der Waals surface area contributed by atoms with Gasteiger partial charge in [-0.15, -0.1) is 0 Å². The fourth-order valence-corrected chi connectivity index (χ4v) is 3.47. The summed E-state index contributed by atoms with van der Waals surface area (Å²) in [5, 5.41) is 6.68. The number of carbonyl (C=O) groups is 1. The molecule has 0 unspecified atom stereocenters. The second-order valence-corrected chi connectivity index (χ2v) is 7.49. The molecular weight excluding hydrogens is 404 g/mol. The molecule has 8 heteroatoms. The summed E-state index contributed by atoms with van der Waals surface area (Å²) in [5.41, 5.74) is 8.47. The highest BCUT2D eigenvalue weighted by atomic mass is 16.5. The maximum absolute atomic E-state index is 10.8. The van der Waals surface area contributed by atoms with Crippen molar-refractivity contribution < 1.29 is 9.53 Å². The minimum atomic E-state index is -0.484. The third kappa shape index (κ3) is 6.73. The van der Waals surface area contributed by atoms with Gasteiger partial charge in [-0.3, -0.25) is 9.79 Å². The number of nitrogens with zero attached hydrogens (tertiary/aromatic N) is 3. The smallest absolute Gasteiger partial charge is 0.255 e. The van der Waals surface area contributed by atoms with Crippen LogP contribution in [0.15, 0.2) is 53.5 Å². The Kier molecular flexibility index (Phi) is 8.48. The van der Waals surface area contributed by atoms with Crippen LogP contribution in [0.4, 0.5) is 0 Å². The van der Waals surface area contributed by atoms with Crippen LogP contribution in [0, 0.1) is 6.92 Å². The van der Waals surface area contributed by atoms with Gasteiger partial charge in [-0.25, -0.2) is 4.98 Å². The molecule has 0 saturated carbocycles. The van der Waals surface area contributed by atoms with E-state index in [0.29, 0.717) is 5.75 Å². The predicted octanol–water partition coefficient (Wildman–Crippen LogP) is 2.40. The zero-order valence-electron chi connectivity index (χ0n) is 18.8. The normalized spacial score (nSPS) is 11.5. The Morgan fingerprint density at radius 2 is 1.94 bits per heavy atom. The first kappa shape index (κ1) is 23.1. The maximum atomic E-state index is 10.8. The first-order chi connectivity index (χ1) is 15.6. The van der Waals surface area contributed by atoms with Crippen molar-refractivity contribution in [3.05, 3.63) is 59.9 Å². The number of nitrogens with two attached hydrogens (primary N) is 1. The summed E-state index contributed by atoms with van der Waals surface area (Å²) < 4.78 is 7.54. The lowest BCUT2D eigenvalue weighted by Crippen LogP contribution is -2.38. The molecule has 0 radical (unpaired) electrons. The Balaban J connectivity index is 1.45. The van der Waals surface area contributed by atoms with Crippen molar-refractivity contribution in [2.24, 2.45) is 10.7 Å². The van der Waals surface area contributed by atoms with Crippen molar-refractivity contribution in [3.63, 3.8) is 0 Å². The second kappa shape index (κ2) is 11.7. The number of benzene rings is 2. The van der Waals surface area contributed by atoms with Gasteiger partial charge in [0.05, 0.1) is 11.0 Å². The highest BCUT2D eigenvalue weighted by molar-refractivity contribution is 5.79. The molecule has 1 aromatic heterocycles. The molecule has 0 fully saturated rings. The number of para-hydroxylation sites is 2. The highest BCUT2D eigenvalue weighted by Gasteiger charge is 2.06. The van der Waals surface area contributed by atoms with Crippen molar-refractivity contribution in [1.82, 2.24) is 20.2 Å². The number of aliphatic imine (C=N–C) groups is 1. The van der Waals surface area contributed by atoms with Crippen molar-refractivity contribution in [1.29, 1.82) is 0 Å². The number of fused-ring (bicyclic) bond motifs is 1. The number of aryl methyl sites for hydroxylation is 2.